The summed E-state index contributed by atoms with van der Waals surface area (Å²) in [5, 5.41) is 0. The van der Waals surface area contributed by atoms with Crippen molar-refractivity contribution in [2.45, 2.75) is 37.0 Å². The number of benzene rings is 1. The van der Waals surface area contributed by atoms with E-state index in [4.69, 9.17) is 4.74 Å². The second kappa shape index (κ2) is 4.23. The van der Waals surface area contributed by atoms with Crippen molar-refractivity contribution in [1.82, 2.24) is 0 Å². The van der Waals surface area contributed by atoms with Crippen molar-refractivity contribution >= 4 is 15.8 Å². The van der Waals surface area contributed by atoms with Crippen LogP contribution in [-0.4, -0.2) is 26.4 Å². The van der Waals surface area contributed by atoms with Crippen LogP contribution in [0.4, 0.5) is 0 Å². The fourth-order valence-electron chi connectivity index (χ4n) is 2.07. The number of sulfone groups is 1. The molecule has 0 radical (unpaired) electrons. The minimum absolute atomic E-state index is 0.0510. The molecule has 0 amide bonds. The van der Waals surface area contributed by atoms with E-state index >= 15 is 0 Å². The second-order valence-corrected chi connectivity index (χ2v) is 7.24. The van der Waals surface area contributed by atoms with Gasteiger partial charge in [0.1, 0.15) is 10.6 Å². The van der Waals surface area contributed by atoms with E-state index in [1.165, 1.54) is 27.0 Å². The van der Waals surface area contributed by atoms with Crippen LogP contribution in [0.15, 0.2) is 17.0 Å². The predicted octanol–water partition coefficient (Wildman–Crippen LogP) is 1.94. The average molecular weight is 284 g/mol. The normalized spacial score (nSPS) is 18.5. The smallest absolute Gasteiger partial charge is 0.338 e. The molecule has 0 bridgehead atoms. The number of methoxy groups -OCH3 is 1. The zero-order valence-corrected chi connectivity index (χ0v) is 12.1. The Labute approximate surface area is 112 Å². The van der Waals surface area contributed by atoms with Gasteiger partial charge in [-0.2, -0.15) is 0 Å². The summed E-state index contributed by atoms with van der Waals surface area (Å²) in [6.45, 7) is 4.86. The minimum Gasteiger partial charge on any atom is -0.470 e. The van der Waals surface area contributed by atoms with Gasteiger partial charge in [0.2, 0.25) is 14.8 Å². The first-order chi connectivity index (χ1) is 8.74. The fraction of sp³-hybridized carbons (Fsp3) is 0.462. The molecule has 5 nitrogen and oxygen atoms in total. The molecule has 0 N–H and O–H groups in total. The summed E-state index contributed by atoms with van der Waals surface area (Å²) in [7, 11) is -2.34. The third-order valence-corrected chi connectivity index (χ3v) is 5.52. The summed E-state index contributed by atoms with van der Waals surface area (Å²) < 4.78 is 34.7. The molecule has 0 atom stereocenters. The van der Waals surface area contributed by atoms with E-state index in [-0.39, 0.29) is 10.5 Å². The lowest BCUT2D eigenvalue weighted by molar-refractivity contribution is 0.0599. The van der Waals surface area contributed by atoms with Gasteiger partial charge in [0.05, 0.1) is 12.7 Å². The summed E-state index contributed by atoms with van der Waals surface area (Å²) in [6, 6.07) is 2.96. The highest BCUT2D eigenvalue weighted by Gasteiger charge is 2.47. The van der Waals surface area contributed by atoms with E-state index < -0.39 is 20.7 Å². The van der Waals surface area contributed by atoms with E-state index in [1.54, 1.807) is 6.07 Å². The van der Waals surface area contributed by atoms with E-state index in [0.717, 1.165) is 0 Å². The van der Waals surface area contributed by atoms with Crippen LogP contribution in [0.2, 0.25) is 0 Å². The lowest BCUT2D eigenvalue weighted by Crippen LogP contribution is -2.32. The molecule has 104 valence electrons. The number of hydrogen-bond acceptors (Lipinski definition) is 5. The maximum Gasteiger partial charge on any atom is 0.338 e. The van der Waals surface area contributed by atoms with Gasteiger partial charge in [-0.3, -0.25) is 0 Å². The maximum absolute atomic E-state index is 12.3. The topological polar surface area (TPSA) is 69.7 Å². The summed E-state index contributed by atoms with van der Waals surface area (Å²) in [6.07, 6.45) is 0.585. The highest BCUT2D eigenvalue weighted by Crippen LogP contribution is 2.43. The molecule has 19 heavy (non-hydrogen) atoms. The van der Waals surface area contributed by atoms with Crippen LogP contribution < -0.4 is 4.74 Å². The zero-order valence-electron chi connectivity index (χ0n) is 11.3. The molecule has 0 saturated carbocycles. The quantitative estimate of drug-likeness (QED) is 0.776. The Morgan fingerprint density at radius 2 is 2.00 bits per heavy atom. The molecule has 1 aromatic rings. The number of esters is 1. The molecule has 2 rings (SSSR count). The van der Waals surface area contributed by atoms with Crippen LogP contribution in [0.25, 0.3) is 0 Å². The average Bonchev–Trinajstić information content (AvgIpc) is 2.53. The lowest BCUT2D eigenvalue weighted by atomic mass is 10.0. The van der Waals surface area contributed by atoms with Crippen LogP contribution in [0, 0.1) is 0 Å². The van der Waals surface area contributed by atoms with Gasteiger partial charge in [-0.15, -0.1) is 0 Å². The van der Waals surface area contributed by atoms with Crippen molar-refractivity contribution in [2.24, 2.45) is 0 Å². The second-order valence-electron chi connectivity index (χ2n) is 4.81. The molecule has 0 fully saturated rings. The van der Waals surface area contributed by atoms with Crippen molar-refractivity contribution in [3.8, 4) is 5.75 Å². The number of aryl methyl sites for hydroxylation is 1. The first kappa shape index (κ1) is 13.9. The van der Waals surface area contributed by atoms with Crippen LogP contribution in [-0.2, 0) is 21.0 Å². The standard InChI is InChI=1S/C13H16O5S/c1-5-8-6-10-11(7-9(8)12(14)17-4)19(15,16)13(2,3)18-10/h6-7H,5H2,1-4H3. The summed E-state index contributed by atoms with van der Waals surface area (Å²) in [4.78, 5) is 10.4. The summed E-state index contributed by atoms with van der Waals surface area (Å²) in [5.74, 6) is -0.242. The number of hydrogen-bond donors (Lipinski definition) is 0. The monoisotopic (exact) mass is 284 g/mol. The van der Waals surface area contributed by atoms with Gasteiger partial charge in [-0.25, -0.2) is 13.2 Å². The first-order valence-electron chi connectivity index (χ1n) is 5.93. The Hall–Kier alpha value is -1.56. The van der Waals surface area contributed by atoms with Crippen LogP contribution in [0.5, 0.6) is 5.75 Å². The molecule has 1 aromatic carbocycles. The lowest BCUT2D eigenvalue weighted by Gasteiger charge is -2.15. The molecule has 0 aromatic heterocycles. The molecule has 0 spiro atoms. The third-order valence-electron chi connectivity index (χ3n) is 3.25. The van der Waals surface area contributed by atoms with Crippen molar-refractivity contribution in [3.05, 3.63) is 23.3 Å². The Bertz CT molecular complexity index is 643. The van der Waals surface area contributed by atoms with E-state index in [0.29, 0.717) is 17.7 Å². The van der Waals surface area contributed by atoms with Crippen molar-refractivity contribution < 1.29 is 22.7 Å². The predicted molar refractivity (Wildman–Crippen MR) is 69.1 cm³/mol. The Balaban J connectivity index is 2.71. The van der Waals surface area contributed by atoms with E-state index in [1.807, 2.05) is 6.92 Å². The van der Waals surface area contributed by atoms with Crippen LogP contribution in [0.3, 0.4) is 0 Å². The van der Waals surface area contributed by atoms with Crippen molar-refractivity contribution in [3.63, 3.8) is 0 Å². The van der Waals surface area contributed by atoms with Crippen molar-refractivity contribution in [2.75, 3.05) is 7.11 Å². The summed E-state index contributed by atoms with van der Waals surface area (Å²) >= 11 is 0. The molecular weight excluding hydrogens is 268 g/mol. The van der Waals surface area contributed by atoms with Gasteiger partial charge in [0.25, 0.3) is 0 Å². The summed E-state index contributed by atoms with van der Waals surface area (Å²) in [5.41, 5.74) is 0.979. The minimum atomic E-state index is -3.60. The number of fused-ring (bicyclic) bond motifs is 1. The van der Waals surface area contributed by atoms with Crippen LogP contribution in [0.1, 0.15) is 36.7 Å². The van der Waals surface area contributed by atoms with Gasteiger partial charge in [-0.05, 0) is 38.0 Å². The van der Waals surface area contributed by atoms with E-state index in [9.17, 15) is 13.2 Å². The Morgan fingerprint density at radius 1 is 1.37 bits per heavy atom. The van der Waals surface area contributed by atoms with Gasteiger partial charge in [0, 0.05) is 0 Å². The number of ether oxygens (including phenoxy) is 2. The molecule has 1 aliphatic rings. The number of carbonyl (C=O) groups is 1. The maximum atomic E-state index is 12.3. The highest BCUT2D eigenvalue weighted by molar-refractivity contribution is 7.93. The molecule has 0 saturated heterocycles. The zero-order chi connectivity index (χ0) is 14.4. The van der Waals surface area contributed by atoms with Gasteiger partial charge >= 0.3 is 5.97 Å². The Morgan fingerprint density at radius 3 is 2.53 bits per heavy atom. The Kier molecular flexibility index (Phi) is 3.09. The van der Waals surface area contributed by atoms with Gasteiger partial charge in [0.15, 0.2) is 0 Å². The molecule has 0 unspecified atom stereocenters. The molecule has 0 aliphatic carbocycles. The van der Waals surface area contributed by atoms with Crippen molar-refractivity contribution in [1.29, 1.82) is 0 Å². The fourth-order valence-corrected chi connectivity index (χ4v) is 3.44. The number of carbonyl (C=O) groups excluding carboxylic acids is 1. The largest absolute Gasteiger partial charge is 0.470 e. The van der Waals surface area contributed by atoms with E-state index in [2.05, 4.69) is 4.74 Å². The molecular formula is C13H16O5S. The van der Waals surface area contributed by atoms with Gasteiger partial charge in [-0.1, -0.05) is 6.92 Å². The molecule has 1 heterocycles. The first-order valence-corrected chi connectivity index (χ1v) is 7.41. The van der Waals surface area contributed by atoms with Gasteiger partial charge < -0.3 is 9.47 Å². The van der Waals surface area contributed by atoms with Crippen LogP contribution >= 0.6 is 0 Å². The molecule has 1 aliphatic heterocycles. The number of rotatable bonds is 2. The highest BCUT2D eigenvalue weighted by atomic mass is 32.2. The molecule has 6 heteroatoms. The third kappa shape index (κ3) is 1.90. The SMILES string of the molecule is CCc1cc2c(cc1C(=O)OC)S(=O)(=O)C(C)(C)O2.